The molecule has 0 saturated carbocycles. The van der Waals surface area contributed by atoms with E-state index in [2.05, 4.69) is 5.43 Å². The van der Waals surface area contributed by atoms with Gasteiger partial charge in [0.1, 0.15) is 5.92 Å². The molecule has 2 rings (SSSR count). The van der Waals surface area contributed by atoms with Gasteiger partial charge in [0.2, 0.25) is 0 Å². The Hall–Kier alpha value is -1.92. The number of carbonyl (C=O) groups excluding carboxylic acids is 2. The quantitative estimate of drug-likeness (QED) is 0.471. The summed E-state index contributed by atoms with van der Waals surface area (Å²) in [5.74, 6) is -0.850. The van der Waals surface area contributed by atoms with Crippen molar-refractivity contribution in [3.63, 3.8) is 0 Å². The lowest BCUT2D eigenvalue weighted by Crippen LogP contribution is -2.35. The first-order chi connectivity index (χ1) is 12.2. The van der Waals surface area contributed by atoms with Gasteiger partial charge < -0.3 is 11.5 Å². The number of para-hydroxylation sites is 1. The molecule has 5 N–H and O–H groups in total. The predicted octanol–water partition coefficient (Wildman–Crippen LogP) is 2.33. The third-order valence-electron chi connectivity index (χ3n) is 4.08. The van der Waals surface area contributed by atoms with Crippen molar-refractivity contribution in [1.82, 2.24) is 5.43 Å². The van der Waals surface area contributed by atoms with Crippen LogP contribution in [0.2, 0.25) is 0 Å². The molecule has 25 heavy (non-hydrogen) atoms. The molecule has 0 aromatic heterocycles. The summed E-state index contributed by atoms with van der Waals surface area (Å²) in [6.07, 6.45) is 7.31. The van der Waals surface area contributed by atoms with Crippen molar-refractivity contribution < 1.29 is 9.59 Å². The van der Waals surface area contributed by atoms with Crippen molar-refractivity contribution in [2.75, 3.05) is 18.1 Å². The number of anilines is 1. The van der Waals surface area contributed by atoms with E-state index in [0.29, 0.717) is 12.1 Å². The van der Waals surface area contributed by atoms with Crippen LogP contribution in [0.15, 0.2) is 30.3 Å². The molecule has 2 amide bonds. The molecule has 0 aliphatic carbocycles. The van der Waals surface area contributed by atoms with Gasteiger partial charge in [0.05, 0.1) is 5.69 Å². The fraction of sp³-hybridized carbons (Fsp3) is 0.579. The van der Waals surface area contributed by atoms with Crippen LogP contribution in [-0.2, 0) is 9.59 Å². The molecule has 1 aromatic rings. The number of hydrazine groups is 1. The fourth-order valence-electron chi connectivity index (χ4n) is 2.59. The van der Waals surface area contributed by atoms with Gasteiger partial charge in [-0.3, -0.25) is 15.0 Å². The molecule has 140 valence electrons. The van der Waals surface area contributed by atoms with Crippen molar-refractivity contribution in [1.29, 1.82) is 0 Å². The summed E-state index contributed by atoms with van der Waals surface area (Å²) in [7, 11) is 0. The van der Waals surface area contributed by atoms with Crippen LogP contribution in [0.5, 0.6) is 0 Å². The van der Waals surface area contributed by atoms with Crippen molar-refractivity contribution in [3.8, 4) is 0 Å². The lowest BCUT2D eigenvalue weighted by molar-refractivity contribution is -0.127. The van der Waals surface area contributed by atoms with E-state index in [1.54, 1.807) is 12.1 Å². The largest absolute Gasteiger partial charge is 0.330 e. The molecule has 1 aromatic carbocycles. The second-order valence-electron chi connectivity index (χ2n) is 6.17. The van der Waals surface area contributed by atoms with Gasteiger partial charge in [-0.25, -0.2) is 5.01 Å². The molecular weight excluding hydrogens is 316 g/mol. The SMILES string of the molecule is CCCCC1C(=O)NN(c2ccccc2)C1=O.NCCCCCCN. The molecule has 1 heterocycles. The predicted molar refractivity (Wildman–Crippen MR) is 102 cm³/mol. The molecule has 1 unspecified atom stereocenters. The monoisotopic (exact) mass is 348 g/mol. The zero-order valence-corrected chi connectivity index (χ0v) is 15.2. The second-order valence-corrected chi connectivity index (χ2v) is 6.17. The molecule has 0 radical (unpaired) electrons. The summed E-state index contributed by atoms with van der Waals surface area (Å²) in [6, 6.07) is 9.17. The standard InChI is InChI=1S/C13H16N2O2.C6H16N2/c1-2-3-9-11-12(16)14-15(13(11)17)10-7-5-4-6-8-10;7-5-3-1-2-4-6-8/h4-8,11H,2-3,9H2,1H3,(H,14,16);1-8H2. The molecule has 1 saturated heterocycles. The van der Waals surface area contributed by atoms with Crippen LogP contribution < -0.4 is 21.9 Å². The summed E-state index contributed by atoms with van der Waals surface area (Å²) in [5.41, 5.74) is 13.9. The van der Waals surface area contributed by atoms with Gasteiger partial charge in [0.15, 0.2) is 0 Å². The van der Waals surface area contributed by atoms with Crippen LogP contribution in [0.3, 0.4) is 0 Å². The van der Waals surface area contributed by atoms with E-state index in [1.165, 1.54) is 17.9 Å². The van der Waals surface area contributed by atoms with Gasteiger partial charge in [-0.1, -0.05) is 50.8 Å². The molecule has 1 aliphatic rings. The topological polar surface area (TPSA) is 101 Å². The first-order valence-electron chi connectivity index (χ1n) is 9.25. The van der Waals surface area contributed by atoms with E-state index in [9.17, 15) is 9.59 Å². The summed E-state index contributed by atoms with van der Waals surface area (Å²) in [6.45, 7) is 3.70. The zero-order chi connectivity index (χ0) is 18.5. The van der Waals surface area contributed by atoms with E-state index in [-0.39, 0.29) is 11.8 Å². The first kappa shape index (κ1) is 21.1. The number of amides is 2. The fourth-order valence-corrected chi connectivity index (χ4v) is 2.59. The third-order valence-corrected chi connectivity index (χ3v) is 4.08. The highest BCUT2D eigenvalue weighted by Gasteiger charge is 2.39. The van der Waals surface area contributed by atoms with Crippen molar-refractivity contribution in [2.24, 2.45) is 17.4 Å². The summed E-state index contributed by atoms with van der Waals surface area (Å²) in [4.78, 5) is 23.8. The summed E-state index contributed by atoms with van der Waals surface area (Å²) >= 11 is 0. The number of nitrogens with two attached hydrogens (primary N) is 2. The smallest absolute Gasteiger partial charge is 0.258 e. The van der Waals surface area contributed by atoms with E-state index < -0.39 is 5.92 Å². The van der Waals surface area contributed by atoms with Gasteiger partial charge in [0, 0.05) is 0 Å². The maximum absolute atomic E-state index is 12.1. The molecule has 6 heteroatoms. The van der Waals surface area contributed by atoms with E-state index in [0.717, 1.165) is 38.8 Å². The molecule has 1 atom stereocenters. The Morgan fingerprint density at radius 2 is 1.56 bits per heavy atom. The molecule has 1 fully saturated rings. The molecule has 6 nitrogen and oxygen atoms in total. The Labute approximate surface area is 150 Å². The molecule has 0 bridgehead atoms. The van der Waals surface area contributed by atoms with Crippen LogP contribution in [0, 0.1) is 5.92 Å². The number of rotatable bonds is 9. The van der Waals surface area contributed by atoms with E-state index >= 15 is 0 Å². The van der Waals surface area contributed by atoms with Crippen LogP contribution in [0.4, 0.5) is 5.69 Å². The lowest BCUT2D eigenvalue weighted by atomic mass is 10.0. The third kappa shape index (κ3) is 7.23. The van der Waals surface area contributed by atoms with Crippen LogP contribution in [0.1, 0.15) is 51.9 Å². The van der Waals surface area contributed by atoms with Crippen LogP contribution in [0.25, 0.3) is 0 Å². The normalized spacial score (nSPS) is 16.4. The molecule has 1 aliphatic heterocycles. The number of nitrogens with one attached hydrogen (secondary N) is 1. The Kier molecular flexibility index (Phi) is 10.5. The van der Waals surface area contributed by atoms with Gasteiger partial charge in [-0.2, -0.15) is 0 Å². The number of unbranched alkanes of at least 4 members (excludes halogenated alkanes) is 4. The van der Waals surface area contributed by atoms with E-state index in [1.807, 2.05) is 25.1 Å². The van der Waals surface area contributed by atoms with Crippen LogP contribution in [-0.4, -0.2) is 24.9 Å². The average Bonchev–Trinajstić information content (AvgIpc) is 2.92. The van der Waals surface area contributed by atoms with Crippen molar-refractivity contribution in [3.05, 3.63) is 30.3 Å². The van der Waals surface area contributed by atoms with Gasteiger partial charge >= 0.3 is 0 Å². The minimum absolute atomic E-state index is 0.144. The molecular formula is C19H32N4O2. The number of carbonyl (C=O) groups is 2. The van der Waals surface area contributed by atoms with Gasteiger partial charge in [-0.05, 0) is 44.5 Å². The Morgan fingerprint density at radius 3 is 2.08 bits per heavy atom. The zero-order valence-electron chi connectivity index (χ0n) is 15.2. The van der Waals surface area contributed by atoms with E-state index in [4.69, 9.17) is 11.5 Å². The minimum Gasteiger partial charge on any atom is -0.330 e. The first-order valence-corrected chi connectivity index (χ1v) is 9.25. The van der Waals surface area contributed by atoms with Crippen molar-refractivity contribution in [2.45, 2.75) is 51.9 Å². The maximum Gasteiger partial charge on any atom is 0.258 e. The number of nitrogens with zero attached hydrogens (tertiary/aromatic N) is 1. The average molecular weight is 348 g/mol. The summed E-state index contributed by atoms with van der Waals surface area (Å²) < 4.78 is 0. The Morgan fingerprint density at radius 1 is 0.960 bits per heavy atom. The van der Waals surface area contributed by atoms with Gasteiger partial charge in [-0.15, -0.1) is 0 Å². The minimum atomic E-state index is -0.518. The van der Waals surface area contributed by atoms with Crippen molar-refractivity contribution >= 4 is 17.5 Å². The Balaban J connectivity index is 0.000000333. The highest BCUT2D eigenvalue weighted by molar-refractivity contribution is 6.14. The molecule has 0 spiro atoms. The number of hydrogen-bond acceptors (Lipinski definition) is 4. The van der Waals surface area contributed by atoms with Gasteiger partial charge in [0.25, 0.3) is 11.8 Å². The second kappa shape index (κ2) is 12.4. The number of benzene rings is 1. The lowest BCUT2D eigenvalue weighted by Gasteiger charge is -2.14. The number of hydrogen-bond donors (Lipinski definition) is 3. The highest BCUT2D eigenvalue weighted by Crippen LogP contribution is 2.22. The highest BCUT2D eigenvalue weighted by atomic mass is 16.2. The Bertz CT molecular complexity index is 501. The summed E-state index contributed by atoms with van der Waals surface area (Å²) in [5, 5.41) is 1.35. The maximum atomic E-state index is 12.1. The van der Waals surface area contributed by atoms with Crippen LogP contribution >= 0.6 is 0 Å².